The molecule has 0 radical (unpaired) electrons. The number of hydrogen-bond acceptors (Lipinski definition) is 3. The van der Waals surface area contributed by atoms with Crippen LogP contribution in [0, 0.1) is 5.92 Å². The summed E-state index contributed by atoms with van der Waals surface area (Å²) in [6.45, 7) is 0.394. The predicted molar refractivity (Wildman–Crippen MR) is 87.4 cm³/mol. The smallest absolute Gasteiger partial charge is 0.306 e. The fourth-order valence-corrected chi connectivity index (χ4v) is 3.95. The SMILES string of the molecule is O=C(CCCC1C[C@H]2CCCC[C@@H]2N1)OCc1ccccc1. The molecule has 1 heterocycles. The standard InChI is InChI=1S/C19H27NO2/c21-19(22-14-15-7-2-1-3-8-15)12-6-10-17-13-16-9-4-5-11-18(16)20-17/h1-3,7-8,16-18,20H,4-6,9-14H2/t16-,17?,18+/m1/s1. The lowest BCUT2D eigenvalue weighted by molar-refractivity contribution is -0.145. The predicted octanol–water partition coefficient (Wildman–Crippen LogP) is 3.82. The molecule has 3 heteroatoms. The summed E-state index contributed by atoms with van der Waals surface area (Å²) in [5.74, 6) is 0.822. The molecule has 0 bridgehead atoms. The lowest BCUT2D eigenvalue weighted by atomic mass is 9.85. The summed E-state index contributed by atoms with van der Waals surface area (Å²) in [6.07, 6.45) is 9.42. The van der Waals surface area contributed by atoms with Crippen molar-refractivity contribution in [3.63, 3.8) is 0 Å². The lowest BCUT2D eigenvalue weighted by Crippen LogP contribution is -2.33. The topological polar surface area (TPSA) is 38.3 Å². The zero-order valence-corrected chi connectivity index (χ0v) is 13.3. The molecule has 1 unspecified atom stereocenters. The quantitative estimate of drug-likeness (QED) is 0.812. The first kappa shape index (κ1) is 15.5. The van der Waals surface area contributed by atoms with Crippen molar-refractivity contribution in [3.05, 3.63) is 35.9 Å². The molecule has 1 aromatic carbocycles. The number of nitrogens with one attached hydrogen (secondary N) is 1. The molecule has 1 saturated carbocycles. The van der Waals surface area contributed by atoms with Crippen LogP contribution in [0.2, 0.25) is 0 Å². The molecule has 2 fully saturated rings. The number of rotatable bonds is 6. The van der Waals surface area contributed by atoms with Crippen molar-refractivity contribution in [2.45, 2.75) is 70.1 Å². The van der Waals surface area contributed by atoms with E-state index >= 15 is 0 Å². The van der Waals surface area contributed by atoms with E-state index in [1.165, 1.54) is 32.1 Å². The van der Waals surface area contributed by atoms with E-state index < -0.39 is 0 Å². The highest BCUT2D eigenvalue weighted by Gasteiger charge is 2.34. The van der Waals surface area contributed by atoms with Crippen LogP contribution in [0.4, 0.5) is 0 Å². The van der Waals surface area contributed by atoms with Crippen LogP contribution in [-0.2, 0) is 16.1 Å². The van der Waals surface area contributed by atoms with Gasteiger partial charge >= 0.3 is 5.97 Å². The van der Waals surface area contributed by atoms with Gasteiger partial charge in [-0.2, -0.15) is 0 Å². The monoisotopic (exact) mass is 301 g/mol. The van der Waals surface area contributed by atoms with Gasteiger partial charge in [-0.3, -0.25) is 4.79 Å². The van der Waals surface area contributed by atoms with E-state index in [2.05, 4.69) is 5.32 Å². The Morgan fingerprint density at radius 1 is 1.18 bits per heavy atom. The van der Waals surface area contributed by atoms with Gasteiger partial charge < -0.3 is 10.1 Å². The van der Waals surface area contributed by atoms with Crippen molar-refractivity contribution in [3.8, 4) is 0 Å². The summed E-state index contributed by atoms with van der Waals surface area (Å²) in [6, 6.07) is 11.2. The van der Waals surface area contributed by atoms with Gasteiger partial charge in [-0.15, -0.1) is 0 Å². The van der Waals surface area contributed by atoms with Gasteiger partial charge in [0, 0.05) is 18.5 Å². The molecular formula is C19H27NO2. The molecule has 1 aliphatic heterocycles. The van der Waals surface area contributed by atoms with E-state index in [9.17, 15) is 4.79 Å². The van der Waals surface area contributed by atoms with Crippen molar-refractivity contribution in [2.75, 3.05) is 0 Å². The largest absolute Gasteiger partial charge is 0.461 e. The average Bonchev–Trinajstić information content (AvgIpc) is 2.96. The first-order valence-electron chi connectivity index (χ1n) is 8.77. The normalized spacial score (nSPS) is 27.4. The van der Waals surface area contributed by atoms with Crippen LogP contribution < -0.4 is 5.32 Å². The summed E-state index contributed by atoms with van der Waals surface area (Å²) in [5.41, 5.74) is 1.05. The number of hydrogen-bond donors (Lipinski definition) is 1. The third-order valence-electron chi connectivity index (χ3n) is 5.12. The molecule has 0 spiro atoms. The highest BCUT2D eigenvalue weighted by atomic mass is 16.5. The molecule has 2 aliphatic rings. The molecule has 1 aromatic rings. The van der Waals surface area contributed by atoms with E-state index in [1.54, 1.807) is 0 Å². The molecule has 3 atom stereocenters. The number of benzene rings is 1. The molecule has 1 aliphatic carbocycles. The molecule has 120 valence electrons. The van der Waals surface area contributed by atoms with Crippen LogP contribution in [0.1, 0.15) is 56.9 Å². The lowest BCUT2D eigenvalue weighted by Gasteiger charge is -2.24. The second-order valence-corrected chi connectivity index (χ2v) is 6.79. The van der Waals surface area contributed by atoms with E-state index in [0.717, 1.165) is 30.4 Å². The highest BCUT2D eigenvalue weighted by molar-refractivity contribution is 5.69. The van der Waals surface area contributed by atoms with Crippen molar-refractivity contribution >= 4 is 5.97 Å². The van der Waals surface area contributed by atoms with Crippen LogP contribution in [0.15, 0.2) is 30.3 Å². The summed E-state index contributed by atoms with van der Waals surface area (Å²) in [5, 5.41) is 3.77. The van der Waals surface area contributed by atoms with Crippen molar-refractivity contribution < 1.29 is 9.53 Å². The minimum Gasteiger partial charge on any atom is -0.461 e. The molecule has 3 rings (SSSR count). The number of fused-ring (bicyclic) bond motifs is 1. The maximum Gasteiger partial charge on any atom is 0.306 e. The van der Waals surface area contributed by atoms with Crippen LogP contribution in [0.25, 0.3) is 0 Å². The van der Waals surface area contributed by atoms with E-state index in [1.807, 2.05) is 30.3 Å². The molecule has 1 N–H and O–H groups in total. The number of esters is 1. The van der Waals surface area contributed by atoms with E-state index in [4.69, 9.17) is 4.74 Å². The van der Waals surface area contributed by atoms with Crippen LogP contribution in [-0.4, -0.2) is 18.1 Å². The maximum atomic E-state index is 11.8. The van der Waals surface area contributed by atoms with Gasteiger partial charge in [0.2, 0.25) is 0 Å². The van der Waals surface area contributed by atoms with Gasteiger partial charge in [0.25, 0.3) is 0 Å². The Labute approximate surface area is 133 Å². The highest BCUT2D eigenvalue weighted by Crippen LogP contribution is 2.34. The molecular weight excluding hydrogens is 274 g/mol. The number of carbonyl (C=O) groups is 1. The first-order chi connectivity index (χ1) is 10.8. The Hall–Kier alpha value is -1.35. The van der Waals surface area contributed by atoms with Crippen LogP contribution in [0.5, 0.6) is 0 Å². The average molecular weight is 301 g/mol. The van der Waals surface area contributed by atoms with Crippen LogP contribution in [0.3, 0.4) is 0 Å². The summed E-state index contributed by atoms with van der Waals surface area (Å²) in [7, 11) is 0. The minimum absolute atomic E-state index is 0.0701. The fraction of sp³-hybridized carbons (Fsp3) is 0.632. The Bertz CT molecular complexity index is 460. The number of carbonyl (C=O) groups excluding carboxylic acids is 1. The van der Waals surface area contributed by atoms with Gasteiger partial charge in [0.1, 0.15) is 6.61 Å². The second-order valence-electron chi connectivity index (χ2n) is 6.79. The molecule has 0 aromatic heterocycles. The Kier molecular flexibility index (Phi) is 5.49. The van der Waals surface area contributed by atoms with Gasteiger partial charge in [-0.1, -0.05) is 43.2 Å². The van der Waals surface area contributed by atoms with Gasteiger partial charge in [-0.25, -0.2) is 0 Å². The molecule has 22 heavy (non-hydrogen) atoms. The Balaban J connectivity index is 1.31. The summed E-state index contributed by atoms with van der Waals surface area (Å²) >= 11 is 0. The van der Waals surface area contributed by atoms with E-state index in [-0.39, 0.29) is 5.97 Å². The minimum atomic E-state index is -0.0701. The zero-order chi connectivity index (χ0) is 15.2. The zero-order valence-electron chi connectivity index (χ0n) is 13.3. The Morgan fingerprint density at radius 2 is 2.00 bits per heavy atom. The Morgan fingerprint density at radius 3 is 2.82 bits per heavy atom. The third-order valence-corrected chi connectivity index (χ3v) is 5.12. The van der Waals surface area contributed by atoms with Crippen molar-refractivity contribution in [2.24, 2.45) is 5.92 Å². The third kappa shape index (κ3) is 4.33. The second kappa shape index (κ2) is 7.77. The van der Waals surface area contributed by atoms with Crippen molar-refractivity contribution in [1.29, 1.82) is 0 Å². The fourth-order valence-electron chi connectivity index (χ4n) is 3.95. The first-order valence-corrected chi connectivity index (χ1v) is 8.77. The van der Waals surface area contributed by atoms with Gasteiger partial charge in [-0.05, 0) is 43.6 Å². The van der Waals surface area contributed by atoms with Crippen molar-refractivity contribution in [1.82, 2.24) is 5.32 Å². The van der Waals surface area contributed by atoms with Crippen LogP contribution >= 0.6 is 0 Å². The van der Waals surface area contributed by atoms with Gasteiger partial charge in [0.15, 0.2) is 0 Å². The molecule has 3 nitrogen and oxygen atoms in total. The van der Waals surface area contributed by atoms with E-state index in [0.29, 0.717) is 19.1 Å². The summed E-state index contributed by atoms with van der Waals surface area (Å²) in [4.78, 5) is 11.8. The molecule has 1 saturated heterocycles. The molecule has 0 amide bonds. The maximum absolute atomic E-state index is 11.8. The summed E-state index contributed by atoms with van der Waals surface area (Å²) < 4.78 is 5.33. The van der Waals surface area contributed by atoms with Gasteiger partial charge in [0.05, 0.1) is 0 Å². The number of ether oxygens (including phenoxy) is 1.